The molecule has 0 aromatic carbocycles. The molecule has 0 unspecified atom stereocenters. The van der Waals surface area contributed by atoms with E-state index in [0.717, 1.165) is 6.26 Å². The van der Waals surface area contributed by atoms with Crippen molar-refractivity contribution in [3.8, 4) is 0 Å². The van der Waals surface area contributed by atoms with E-state index in [1.807, 2.05) is 0 Å². The summed E-state index contributed by atoms with van der Waals surface area (Å²) in [6.45, 7) is 0.330. The number of rotatable bonds is 3. The van der Waals surface area contributed by atoms with E-state index < -0.39 is 34.3 Å². The highest BCUT2D eigenvalue weighted by atomic mass is 32.2. The number of carbonyl (C=O) groups is 1. The molecule has 0 spiro atoms. The second kappa shape index (κ2) is 5.41. The SMILES string of the molecule is CS(=O)(=O)N[C@@H]1CNC[C@@H](OC(=O)C(F)(F)F)C1. The first kappa shape index (κ1) is 15.2. The molecule has 0 saturated carbocycles. The van der Waals surface area contributed by atoms with Crippen LogP contribution in [-0.4, -0.2) is 52.1 Å². The second-order valence-electron chi connectivity index (χ2n) is 4.01. The summed E-state index contributed by atoms with van der Waals surface area (Å²) in [4.78, 5) is 10.6. The van der Waals surface area contributed by atoms with Crippen LogP contribution in [0.5, 0.6) is 0 Å². The van der Waals surface area contributed by atoms with Gasteiger partial charge >= 0.3 is 12.1 Å². The van der Waals surface area contributed by atoms with Gasteiger partial charge in [0.2, 0.25) is 10.0 Å². The van der Waals surface area contributed by atoms with Crippen LogP contribution in [0, 0.1) is 0 Å². The molecule has 6 nitrogen and oxygen atoms in total. The quantitative estimate of drug-likeness (QED) is 0.676. The van der Waals surface area contributed by atoms with Gasteiger partial charge in [-0.05, 0) is 0 Å². The molecular weight excluding hydrogens is 277 g/mol. The van der Waals surface area contributed by atoms with Crippen molar-refractivity contribution in [2.24, 2.45) is 0 Å². The summed E-state index contributed by atoms with van der Waals surface area (Å²) in [7, 11) is -3.46. The Kier molecular flexibility index (Phi) is 4.56. The van der Waals surface area contributed by atoms with Crippen LogP contribution in [0.1, 0.15) is 6.42 Å². The van der Waals surface area contributed by atoms with Crippen LogP contribution in [0.4, 0.5) is 13.2 Å². The molecule has 0 aliphatic carbocycles. The minimum atomic E-state index is -5.04. The maximum absolute atomic E-state index is 12.0. The lowest BCUT2D eigenvalue weighted by molar-refractivity contribution is -0.205. The first-order valence-electron chi connectivity index (χ1n) is 5.04. The van der Waals surface area contributed by atoms with E-state index in [2.05, 4.69) is 14.8 Å². The smallest absolute Gasteiger partial charge is 0.454 e. The average Bonchev–Trinajstić information content (AvgIpc) is 2.13. The molecule has 1 aliphatic rings. The Morgan fingerprint density at radius 1 is 1.39 bits per heavy atom. The average molecular weight is 290 g/mol. The number of piperidine rings is 1. The fourth-order valence-corrected chi connectivity index (χ4v) is 2.39. The predicted molar refractivity (Wildman–Crippen MR) is 55.2 cm³/mol. The lowest BCUT2D eigenvalue weighted by Gasteiger charge is -2.29. The molecule has 2 atom stereocenters. The highest BCUT2D eigenvalue weighted by molar-refractivity contribution is 7.88. The van der Waals surface area contributed by atoms with Crippen LogP contribution in [0.2, 0.25) is 0 Å². The van der Waals surface area contributed by atoms with Crippen molar-refractivity contribution >= 4 is 16.0 Å². The largest absolute Gasteiger partial charge is 0.490 e. The van der Waals surface area contributed by atoms with Gasteiger partial charge in [0.15, 0.2) is 0 Å². The standard InChI is InChI=1S/C8H13F3N2O4S/c1-18(15,16)13-5-2-6(4-12-3-5)17-7(14)8(9,10)11/h5-6,12-13H,2-4H2,1H3/t5-,6-/m0/s1. The Bertz CT molecular complexity index is 409. The highest BCUT2D eigenvalue weighted by Gasteiger charge is 2.42. The zero-order valence-electron chi connectivity index (χ0n) is 9.45. The van der Waals surface area contributed by atoms with Crippen LogP contribution >= 0.6 is 0 Å². The van der Waals surface area contributed by atoms with Crippen molar-refractivity contribution in [1.82, 2.24) is 10.0 Å². The summed E-state index contributed by atoms with van der Waals surface area (Å²) in [6, 6.07) is -0.597. The van der Waals surface area contributed by atoms with Crippen molar-refractivity contribution in [2.45, 2.75) is 24.7 Å². The monoisotopic (exact) mass is 290 g/mol. The van der Waals surface area contributed by atoms with Gasteiger partial charge in [0.25, 0.3) is 0 Å². The summed E-state index contributed by atoms with van der Waals surface area (Å²) < 4.78 is 64.3. The summed E-state index contributed by atoms with van der Waals surface area (Å²) >= 11 is 0. The fourth-order valence-electron chi connectivity index (χ4n) is 1.60. The number of alkyl halides is 3. The molecule has 0 amide bonds. The minimum absolute atomic E-state index is 0.00188. The molecule has 1 rings (SSSR count). The van der Waals surface area contributed by atoms with E-state index in [0.29, 0.717) is 0 Å². The Morgan fingerprint density at radius 3 is 2.50 bits per heavy atom. The molecule has 10 heteroatoms. The van der Waals surface area contributed by atoms with Gasteiger partial charge in [-0.2, -0.15) is 13.2 Å². The fraction of sp³-hybridized carbons (Fsp3) is 0.875. The van der Waals surface area contributed by atoms with Crippen molar-refractivity contribution in [1.29, 1.82) is 0 Å². The van der Waals surface area contributed by atoms with Gasteiger partial charge in [-0.25, -0.2) is 17.9 Å². The molecule has 18 heavy (non-hydrogen) atoms. The Balaban J connectivity index is 2.52. The summed E-state index contributed by atoms with van der Waals surface area (Å²) in [5.41, 5.74) is 0. The van der Waals surface area contributed by atoms with E-state index >= 15 is 0 Å². The molecule has 0 bridgehead atoms. The van der Waals surface area contributed by atoms with Gasteiger partial charge in [-0.3, -0.25) is 0 Å². The number of halogens is 3. The third-order valence-corrected chi connectivity index (χ3v) is 2.96. The molecule has 1 saturated heterocycles. The van der Waals surface area contributed by atoms with Crippen LogP contribution < -0.4 is 10.0 Å². The topological polar surface area (TPSA) is 84.5 Å². The third-order valence-electron chi connectivity index (χ3n) is 2.20. The molecule has 1 aliphatic heterocycles. The summed E-state index contributed by atoms with van der Waals surface area (Å²) in [5.74, 6) is -2.27. The van der Waals surface area contributed by atoms with Crippen molar-refractivity contribution in [2.75, 3.05) is 19.3 Å². The number of esters is 1. The first-order valence-corrected chi connectivity index (χ1v) is 6.93. The lowest BCUT2D eigenvalue weighted by Crippen LogP contribution is -2.52. The molecular formula is C8H13F3N2O4S. The highest BCUT2D eigenvalue weighted by Crippen LogP contribution is 2.19. The number of hydrogen-bond acceptors (Lipinski definition) is 5. The third kappa shape index (κ3) is 5.19. The van der Waals surface area contributed by atoms with E-state index in [1.165, 1.54) is 0 Å². The number of carbonyl (C=O) groups excluding carboxylic acids is 1. The number of nitrogens with one attached hydrogen (secondary N) is 2. The van der Waals surface area contributed by atoms with Crippen molar-refractivity contribution < 1.29 is 31.1 Å². The van der Waals surface area contributed by atoms with Gasteiger partial charge in [0, 0.05) is 25.6 Å². The maximum atomic E-state index is 12.0. The van der Waals surface area contributed by atoms with Crippen molar-refractivity contribution in [3.05, 3.63) is 0 Å². The zero-order chi connectivity index (χ0) is 14.0. The maximum Gasteiger partial charge on any atom is 0.490 e. The van der Waals surface area contributed by atoms with Crippen LogP contribution in [0.15, 0.2) is 0 Å². The van der Waals surface area contributed by atoms with E-state index in [4.69, 9.17) is 0 Å². The second-order valence-corrected chi connectivity index (χ2v) is 5.79. The van der Waals surface area contributed by atoms with Gasteiger partial charge < -0.3 is 10.1 Å². The van der Waals surface area contributed by atoms with Gasteiger partial charge in [0.05, 0.1) is 6.26 Å². The predicted octanol–water partition coefficient (Wildman–Crippen LogP) is -0.628. The van der Waals surface area contributed by atoms with Crippen molar-refractivity contribution in [3.63, 3.8) is 0 Å². The number of ether oxygens (including phenoxy) is 1. The molecule has 2 N–H and O–H groups in total. The zero-order valence-corrected chi connectivity index (χ0v) is 10.3. The van der Waals surface area contributed by atoms with Crippen LogP contribution in [0.25, 0.3) is 0 Å². The Morgan fingerprint density at radius 2 is 2.00 bits per heavy atom. The Hall–Kier alpha value is -0.870. The van der Waals surface area contributed by atoms with Gasteiger partial charge in [-0.15, -0.1) is 0 Å². The van der Waals surface area contributed by atoms with Gasteiger partial charge in [-0.1, -0.05) is 0 Å². The molecule has 0 aromatic heterocycles. The van der Waals surface area contributed by atoms with Gasteiger partial charge in [0.1, 0.15) is 6.10 Å². The van der Waals surface area contributed by atoms with E-state index in [1.54, 1.807) is 0 Å². The first-order chi connectivity index (χ1) is 8.08. The minimum Gasteiger partial charge on any atom is -0.454 e. The summed E-state index contributed by atoms with van der Waals surface area (Å²) in [5, 5.41) is 2.69. The molecule has 0 aromatic rings. The normalized spacial score (nSPS) is 25.8. The molecule has 0 radical (unpaired) electrons. The number of sulfonamides is 1. The van der Waals surface area contributed by atoms with E-state index in [9.17, 15) is 26.4 Å². The Labute approximate surface area is 102 Å². The van der Waals surface area contributed by atoms with E-state index in [-0.39, 0.29) is 19.5 Å². The molecule has 1 heterocycles. The molecule has 106 valence electrons. The van der Waals surface area contributed by atoms with Crippen LogP contribution in [-0.2, 0) is 19.6 Å². The number of hydrogen-bond donors (Lipinski definition) is 2. The molecule has 1 fully saturated rings. The van der Waals surface area contributed by atoms with Crippen LogP contribution in [0.3, 0.4) is 0 Å². The summed E-state index contributed by atoms with van der Waals surface area (Å²) in [6.07, 6.45) is -5.11. The lowest BCUT2D eigenvalue weighted by atomic mass is 10.1.